The van der Waals surface area contributed by atoms with E-state index >= 15 is 0 Å². The number of benzene rings is 1. The molecule has 2 aliphatic rings. The van der Waals surface area contributed by atoms with Crippen molar-refractivity contribution in [3.05, 3.63) is 55.4 Å². The number of aryl methyl sites for hydroxylation is 1. The smallest absolute Gasteiger partial charge is 0.332 e. The predicted molar refractivity (Wildman–Crippen MR) is 127 cm³/mol. The minimum atomic E-state index is -0.524. The van der Waals surface area contributed by atoms with Crippen molar-refractivity contribution in [1.82, 2.24) is 24.0 Å². The third-order valence-corrected chi connectivity index (χ3v) is 7.06. The summed E-state index contributed by atoms with van der Waals surface area (Å²) in [4.78, 5) is 45.0. The van der Waals surface area contributed by atoms with Crippen LogP contribution in [0.15, 0.2) is 27.8 Å². The van der Waals surface area contributed by atoms with E-state index in [2.05, 4.69) is 10.3 Å². The number of halogens is 2. The van der Waals surface area contributed by atoms with E-state index in [9.17, 15) is 18.8 Å². The molecule has 9 nitrogen and oxygen atoms in total. The van der Waals surface area contributed by atoms with Crippen LogP contribution in [-0.2, 0) is 25.4 Å². The monoisotopic (exact) mass is 488 g/mol. The van der Waals surface area contributed by atoms with Gasteiger partial charge < -0.3 is 10.2 Å². The number of anilines is 1. The molecule has 3 heterocycles. The number of piperidine rings is 1. The number of imidazole rings is 1. The Kier molecular flexibility index (Phi) is 5.71. The molecule has 5 rings (SSSR count). The molecule has 2 fully saturated rings. The van der Waals surface area contributed by atoms with Crippen LogP contribution in [0.4, 0.5) is 10.3 Å². The molecule has 3 aromatic rings. The summed E-state index contributed by atoms with van der Waals surface area (Å²) >= 11 is 6.30. The van der Waals surface area contributed by atoms with Gasteiger partial charge in [-0.3, -0.25) is 23.3 Å². The van der Waals surface area contributed by atoms with Gasteiger partial charge in [-0.15, -0.1) is 0 Å². The number of rotatable bonds is 5. The topological polar surface area (TPSA) is 94.2 Å². The molecular formula is C23H26ClFN6O3. The molecule has 34 heavy (non-hydrogen) atoms. The number of carbonyl (C=O) groups is 1. The number of fused-ring (bicyclic) bond motifs is 1. The van der Waals surface area contributed by atoms with E-state index in [0.717, 1.165) is 30.3 Å². The lowest BCUT2D eigenvalue weighted by Gasteiger charge is -2.33. The number of aromatic nitrogens is 4. The van der Waals surface area contributed by atoms with Crippen molar-refractivity contribution < 1.29 is 9.18 Å². The molecule has 0 spiro atoms. The second-order valence-corrected chi connectivity index (χ2v) is 9.55. The summed E-state index contributed by atoms with van der Waals surface area (Å²) < 4.78 is 18.6. The molecule has 1 aromatic carbocycles. The molecule has 1 N–H and O–H groups in total. The summed E-state index contributed by atoms with van der Waals surface area (Å²) in [6.45, 7) is 0.997. The molecule has 1 saturated heterocycles. The average molecular weight is 489 g/mol. The van der Waals surface area contributed by atoms with Crippen LogP contribution in [-0.4, -0.2) is 43.7 Å². The first kappa shape index (κ1) is 22.6. The third-order valence-electron chi connectivity index (χ3n) is 6.70. The zero-order valence-corrected chi connectivity index (χ0v) is 19.8. The van der Waals surface area contributed by atoms with Gasteiger partial charge in [-0.25, -0.2) is 9.18 Å². The largest absolute Gasteiger partial charge is 0.353 e. The Labute approximate surface area is 199 Å². The molecule has 1 atom stereocenters. The highest BCUT2D eigenvalue weighted by molar-refractivity contribution is 6.31. The second-order valence-electron chi connectivity index (χ2n) is 9.14. The van der Waals surface area contributed by atoms with E-state index in [1.807, 2.05) is 4.90 Å². The lowest BCUT2D eigenvalue weighted by Crippen LogP contribution is -2.44. The first-order valence-corrected chi connectivity index (χ1v) is 11.8. The molecule has 180 valence electrons. The average Bonchev–Trinajstić information content (AvgIpc) is 3.56. The van der Waals surface area contributed by atoms with Gasteiger partial charge in [0.05, 0.1) is 12.5 Å². The SMILES string of the molecule is Cn1c(=O)c2c(nc(N3CCCC(C(=O)NC4CC4)C3)n2Cc2c(F)cccc2Cl)n(C)c1=O. The number of carbonyl (C=O) groups excluding carboxylic acids is 1. The molecule has 1 saturated carbocycles. The zero-order valence-electron chi connectivity index (χ0n) is 19.1. The zero-order chi connectivity index (χ0) is 24.1. The number of nitrogens with zero attached hydrogens (tertiary/aromatic N) is 5. The van der Waals surface area contributed by atoms with Crippen LogP contribution in [0.25, 0.3) is 11.2 Å². The highest BCUT2D eigenvalue weighted by atomic mass is 35.5. The Morgan fingerprint density at radius 1 is 1.21 bits per heavy atom. The highest BCUT2D eigenvalue weighted by Gasteiger charge is 2.33. The molecule has 1 aliphatic heterocycles. The van der Waals surface area contributed by atoms with Gasteiger partial charge in [-0.1, -0.05) is 17.7 Å². The third kappa shape index (κ3) is 3.89. The molecule has 1 amide bonds. The fourth-order valence-electron chi connectivity index (χ4n) is 4.59. The van der Waals surface area contributed by atoms with Crippen LogP contribution in [0.2, 0.25) is 5.02 Å². The van der Waals surface area contributed by atoms with E-state index in [4.69, 9.17) is 11.6 Å². The van der Waals surface area contributed by atoms with Gasteiger partial charge in [0.1, 0.15) is 5.82 Å². The molecule has 0 radical (unpaired) electrons. The van der Waals surface area contributed by atoms with Crippen LogP contribution in [0.3, 0.4) is 0 Å². The van der Waals surface area contributed by atoms with Gasteiger partial charge in [0, 0.05) is 43.8 Å². The number of amides is 1. The fraction of sp³-hybridized carbons (Fsp3) is 0.478. The van der Waals surface area contributed by atoms with Gasteiger partial charge in [-0.05, 0) is 37.8 Å². The number of hydrogen-bond donors (Lipinski definition) is 1. The van der Waals surface area contributed by atoms with Crippen LogP contribution < -0.4 is 21.5 Å². The Morgan fingerprint density at radius 3 is 2.68 bits per heavy atom. The van der Waals surface area contributed by atoms with Crippen LogP contribution in [0.1, 0.15) is 31.2 Å². The van der Waals surface area contributed by atoms with Crippen molar-refractivity contribution in [3.63, 3.8) is 0 Å². The summed E-state index contributed by atoms with van der Waals surface area (Å²) in [7, 11) is 2.94. The van der Waals surface area contributed by atoms with Crippen molar-refractivity contribution in [2.24, 2.45) is 20.0 Å². The Hall–Kier alpha value is -3.14. The van der Waals surface area contributed by atoms with Crippen LogP contribution in [0, 0.1) is 11.7 Å². The lowest BCUT2D eigenvalue weighted by molar-refractivity contribution is -0.125. The first-order chi connectivity index (χ1) is 16.3. The summed E-state index contributed by atoms with van der Waals surface area (Å²) in [6, 6.07) is 4.69. The number of hydrogen-bond acceptors (Lipinski definition) is 5. The van der Waals surface area contributed by atoms with Gasteiger partial charge >= 0.3 is 5.69 Å². The minimum absolute atomic E-state index is 0.0234. The minimum Gasteiger partial charge on any atom is -0.353 e. The Balaban J connectivity index is 1.63. The van der Waals surface area contributed by atoms with Gasteiger partial charge in [0.25, 0.3) is 5.56 Å². The van der Waals surface area contributed by atoms with Crippen molar-refractivity contribution in [2.75, 3.05) is 18.0 Å². The molecule has 0 bridgehead atoms. The van der Waals surface area contributed by atoms with Crippen molar-refractivity contribution in [3.8, 4) is 0 Å². The standard InChI is InChI=1S/C23H26ClFN6O3/c1-28-19-18(21(33)29(2)23(28)34)31(12-15-16(24)6-3-7-17(15)25)22(27-19)30-10-4-5-13(11-30)20(32)26-14-8-9-14/h3,6-7,13-14H,4-5,8-12H2,1-2H3,(H,26,32). The maximum atomic E-state index is 14.7. The molecule has 11 heteroatoms. The quantitative estimate of drug-likeness (QED) is 0.590. The summed E-state index contributed by atoms with van der Waals surface area (Å²) in [5, 5.41) is 3.30. The Bertz CT molecular complexity index is 1390. The van der Waals surface area contributed by atoms with E-state index in [1.54, 1.807) is 17.7 Å². The van der Waals surface area contributed by atoms with Gasteiger partial charge in [0.15, 0.2) is 11.2 Å². The molecular weight excluding hydrogens is 463 g/mol. The molecule has 1 unspecified atom stereocenters. The normalized spacial score (nSPS) is 18.5. The Morgan fingerprint density at radius 2 is 1.97 bits per heavy atom. The van der Waals surface area contributed by atoms with Crippen LogP contribution in [0.5, 0.6) is 0 Å². The van der Waals surface area contributed by atoms with Crippen LogP contribution >= 0.6 is 11.6 Å². The summed E-state index contributed by atoms with van der Waals surface area (Å²) in [5.74, 6) is -0.277. The highest BCUT2D eigenvalue weighted by Crippen LogP contribution is 2.29. The van der Waals surface area contributed by atoms with Crippen molar-refractivity contribution in [1.29, 1.82) is 0 Å². The van der Waals surface area contributed by atoms with Crippen molar-refractivity contribution >= 4 is 34.6 Å². The van der Waals surface area contributed by atoms with Crippen molar-refractivity contribution in [2.45, 2.75) is 38.3 Å². The van der Waals surface area contributed by atoms with E-state index in [-0.39, 0.29) is 46.2 Å². The lowest BCUT2D eigenvalue weighted by atomic mass is 9.97. The number of nitrogens with one attached hydrogen (secondary N) is 1. The predicted octanol–water partition coefficient (Wildman–Crippen LogP) is 1.77. The molecule has 1 aliphatic carbocycles. The second kappa shape index (κ2) is 8.57. The maximum absolute atomic E-state index is 14.7. The summed E-state index contributed by atoms with van der Waals surface area (Å²) in [5.41, 5.74) is -0.411. The van der Waals surface area contributed by atoms with E-state index < -0.39 is 17.1 Å². The maximum Gasteiger partial charge on any atom is 0.332 e. The van der Waals surface area contributed by atoms with E-state index in [1.165, 1.54) is 23.7 Å². The van der Waals surface area contributed by atoms with Gasteiger partial charge in [-0.2, -0.15) is 4.98 Å². The fourth-order valence-corrected chi connectivity index (χ4v) is 4.81. The van der Waals surface area contributed by atoms with Gasteiger partial charge in [0.2, 0.25) is 11.9 Å². The first-order valence-electron chi connectivity index (χ1n) is 11.4. The molecule has 2 aromatic heterocycles. The van der Waals surface area contributed by atoms with E-state index in [0.29, 0.717) is 19.0 Å². The summed E-state index contributed by atoms with van der Waals surface area (Å²) in [6.07, 6.45) is 3.55.